The van der Waals surface area contributed by atoms with Crippen LogP contribution in [0, 0.1) is 0 Å². The number of hydrogen-bond donors (Lipinski definition) is 4. The van der Waals surface area contributed by atoms with Crippen molar-refractivity contribution in [1.29, 1.82) is 0 Å². The number of ether oxygens (including phenoxy) is 1. The second-order valence-electron chi connectivity index (χ2n) is 5.07. The summed E-state index contributed by atoms with van der Waals surface area (Å²) >= 11 is 0. The Kier molecular flexibility index (Phi) is 50.4. The highest BCUT2D eigenvalue weighted by Gasteiger charge is 1.83. The van der Waals surface area contributed by atoms with Gasteiger partial charge in [0.1, 0.15) is 0 Å². The number of unbranched alkanes of at least 4 members (excludes halogenated alkanes) is 5. The topological polar surface area (TPSA) is 87.7 Å². The zero-order chi connectivity index (χ0) is 17.3. The van der Waals surface area contributed by atoms with E-state index >= 15 is 0 Å². The van der Waals surface area contributed by atoms with Gasteiger partial charge in [0.2, 0.25) is 0 Å². The molecule has 23 heavy (non-hydrogen) atoms. The third-order valence-electron chi connectivity index (χ3n) is 2.73. The van der Waals surface area contributed by atoms with Gasteiger partial charge in [-0.05, 0) is 52.2 Å². The van der Waals surface area contributed by atoms with Crippen molar-refractivity contribution >= 4 is 0 Å². The zero-order valence-electron chi connectivity index (χ0n) is 15.3. The Labute approximate surface area is 146 Å². The predicted octanol–water partition coefficient (Wildman–Crippen LogP) is 2.94. The average Bonchev–Trinajstić information content (AvgIpc) is 2.54. The van der Waals surface area contributed by atoms with E-state index in [1.165, 1.54) is 32.1 Å². The van der Waals surface area contributed by atoms with E-state index in [0.29, 0.717) is 13.2 Å². The smallest absolute Gasteiger partial charge is 0.0697 e. The van der Waals surface area contributed by atoms with Crippen LogP contribution in [0.2, 0.25) is 0 Å². The fourth-order valence-corrected chi connectivity index (χ4v) is 1.47. The molecule has 0 aliphatic carbocycles. The molecule has 0 aromatic carbocycles. The first-order chi connectivity index (χ1) is 10.7. The first-order valence-electron chi connectivity index (χ1n) is 8.89. The number of aliphatic hydroxyl groups is 2. The SMILES string of the molecule is C.CCCCCCN.CCCOCCO.CNCCCCCO. The molecule has 5 nitrogen and oxygen atoms in total. The summed E-state index contributed by atoms with van der Waals surface area (Å²) in [7, 11) is 1.94. The molecule has 0 rings (SSSR count). The van der Waals surface area contributed by atoms with Crippen molar-refractivity contribution in [2.45, 2.75) is 72.6 Å². The first-order valence-corrected chi connectivity index (χ1v) is 8.89. The molecule has 0 radical (unpaired) electrons. The summed E-state index contributed by atoms with van der Waals surface area (Å²) in [5, 5.41) is 19.6. The summed E-state index contributed by atoms with van der Waals surface area (Å²) in [5.41, 5.74) is 5.27. The van der Waals surface area contributed by atoms with Crippen molar-refractivity contribution < 1.29 is 14.9 Å². The van der Waals surface area contributed by atoms with Gasteiger partial charge in [-0.25, -0.2) is 0 Å². The van der Waals surface area contributed by atoms with Crippen LogP contribution >= 0.6 is 0 Å². The summed E-state index contributed by atoms with van der Waals surface area (Å²) in [4.78, 5) is 0. The van der Waals surface area contributed by atoms with E-state index in [0.717, 1.165) is 39.0 Å². The van der Waals surface area contributed by atoms with Crippen molar-refractivity contribution in [3.8, 4) is 0 Å². The second kappa shape index (κ2) is 37.8. The maximum Gasteiger partial charge on any atom is 0.0697 e. The summed E-state index contributed by atoms with van der Waals surface area (Å²) in [6.45, 7) is 7.89. The van der Waals surface area contributed by atoms with Gasteiger partial charge in [0, 0.05) is 13.2 Å². The molecule has 0 aromatic heterocycles. The average molecular weight is 339 g/mol. The largest absolute Gasteiger partial charge is 0.396 e. The number of nitrogens with two attached hydrogens (primary N) is 1. The number of rotatable bonds is 13. The van der Waals surface area contributed by atoms with Gasteiger partial charge in [0.25, 0.3) is 0 Å². The minimum absolute atomic E-state index is 0. The van der Waals surface area contributed by atoms with Crippen LogP contribution < -0.4 is 11.1 Å². The van der Waals surface area contributed by atoms with E-state index in [1.807, 2.05) is 14.0 Å². The van der Waals surface area contributed by atoms with E-state index in [1.54, 1.807) is 0 Å². The molecule has 0 unspecified atom stereocenters. The van der Waals surface area contributed by atoms with Crippen LogP contribution in [0.1, 0.15) is 72.6 Å². The van der Waals surface area contributed by atoms with Gasteiger partial charge in [-0.1, -0.05) is 40.5 Å². The fraction of sp³-hybridized carbons (Fsp3) is 1.00. The molecule has 0 fully saturated rings. The van der Waals surface area contributed by atoms with Gasteiger partial charge in [0.15, 0.2) is 0 Å². The lowest BCUT2D eigenvalue weighted by molar-refractivity contribution is 0.0928. The molecule has 5 N–H and O–H groups in total. The van der Waals surface area contributed by atoms with Crippen LogP contribution in [0.4, 0.5) is 0 Å². The minimum atomic E-state index is 0. The molecule has 0 bridgehead atoms. The monoisotopic (exact) mass is 338 g/mol. The molecule has 146 valence electrons. The molecule has 0 heterocycles. The predicted molar refractivity (Wildman–Crippen MR) is 103 cm³/mol. The van der Waals surface area contributed by atoms with Crippen LogP contribution in [0.3, 0.4) is 0 Å². The Morgan fingerprint density at radius 1 is 0.826 bits per heavy atom. The molecule has 0 saturated carbocycles. The molecule has 5 heteroatoms. The number of hydrogen-bond acceptors (Lipinski definition) is 5. The lowest BCUT2D eigenvalue weighted by atomic mass is 10.2. The Morgan fingerprint density at radius 3 is 1.91 bits per heavy atom. The fourth-order valence-electron chi connectivity index (χ4n) is 1.47. The van der Waals surface area contributed by atoms with E-state index in [9.17, 15) is 0 Å². The highest BCUT2D eigenvalue weighted by atomic mass is 16.5. The number of aliphatic hydroxyl groups excluding tert-OH is 2. The molecule has 0 atom stereocenters. The van der Waals surface area contributed by atoms with Gasteiger partial charge >= 0.3 is 0 Å². The maximum atomic E-state index is 8.35. The first kappa shape index (κ1) is 30.7. The lowest BCUT2D eigenvalue weighted by Gasteiger charge is -1.95. The minimum Gasteiger partial charge on any atom is -0.396 e. The Balaban J connectivity index is -0.000000116. The normalized spacial score (nSPS) is 9.13. The van der Waals surface area contributed by atoms with E-state index < -0.39 is 0 Å². The highest BCUT2D eigenvalue weighted by molar-refractivity contribution is 4.41. The molecular formula is C18H46N2O3. The van der Waals surface area contributed by atoms with E-state index in [-0.39, 0.29) is 14.0 Å². The second-order valence-corrected chi connectivity index (χ2v) is 5.07. The summed E-state index contributed by atoms with van der Waals surface area (Å²) in [5.74, 6) is 0. The summed E-state index contributed by atoms with van der Waals surface area (Å²) < 4.78 is 4.88. The van der Waals surface area contributed by atoms with E-state index in [2.05, 4.69) is 12.2 Å². The molecule has 0 aromatic rings. The zero-order valence-corrected chi connectivity index (χ0v) is 15.3. The van der Waals surface area contributed by atoms with Crippen LogP contribution in [-0.2, 0) is 4.74 Å². The molecule has 0 amide bonds. The van der Waals surface area contributed by atoms with Crippen molar-refractivity contribution in [2.24, 2.45) is 5.73 Å². The quantitative estimate of drug-likeness (QED) is 0.388. The van der Waals surface area contributed by atoms with Crippen molar-refractivity contribution in [1.82, 2.24) is 5.32 Å². The van der Waals surface area contributed by atoms with E-state index in [4.69, 9.17) is 20.7 Å². The van der Waals surface area contributed by atoms with Crippen molar-refractivity contribution in [2.75, 3.05) is 46.6 Å². The molecular weight excluding hydrogens is 292 g/mol. The van der Waals surface area contributed by atoms with Gasteiger partial charge in [-0.2, -0.15) is 0 Å². The molecule has 0 aliphatic rings. The Morgan fingerprint density at radius 2 is 1.48 bits per heavy atom. The maximum absolute atomic E-state index is 8.35. The Bertz CT molecular complexity index is 126. The van der Waals surface area contributed by atoms with Gasteiger partial charge in [-0.15, -0.1) is 0 Å². The molecule has 0 spiro atoms. The van der Waals surface area contributed by atoms with Gasteiger partial charge in [0.05, 0.1) is 13.2 Å². The summed E-state index contributed by atoms with van der Waals surface area (Å²) in [6.07, 6.45) is 9.45. The number of nitrogens with one attached hydrogen (secondary N) is 1. The van der Waals surface area contributed by atoms with Crippen molar-refractivity contribution in [3.63, 3.8) is 0 Å². The highest BCUT2D eigenvalue weighted by Crippen LogP contribution is 1.95. The van der Waals surface area contributed by atoms with Crippen LogP contribution in [0.5, 0.6) is 0 Å². The molecule has 0 aliphatic heterocycles. The summed E-state index contributed by atoms with van der Waals surface area (Å²) in [6, 6.07) is 0. The van der Waals surface area contributed by atoms with Gasteiger partial charge < -0.3 is 26.0 Å². The van der Waals surface area contributed by atoms with Crippen molar-refractivity contribution in [3.05, 3.63) is 0 Å². The third-order valence-corrected chi connectivity index (χ3v) is 2.73. The molecule has 0 saturated heterocycles. The van der Waals surface area contributed by atoms with Crippen LogP contribution in [0.15, 0.2) is 0 Å². The van der Waals surface area contributed by atoms with Crippen LogP contribution in [-0.4, -0.2) is 56.8 Å². The Hall–Kier alpha value is -0.200. The standard InChI is InChI=1S/C6H15NO.C6H15N.C5H12O2.CH4/c1-7-5-3-2-4-6-8;1-2-3-4-5-6-7;1-2-4-7-5-3-6;/h7-8H,2-6H2,1H3;2-7H2,1H3;6H,2-5H2,1H3;1H4. The third kappa shape index (κ3) is 52.2. The lowest BCUT2D eigenvalue weighted by Crippen LogP contribution is -2.07. The van der Waals surface area contributed by atoms with Gasteiger partial charge in [-0.3, -0.25) is 0 Å². The van der Waals surface area contributed by atoms with Crippen LogP contribution in [0.25, 0.3) is 0 Å².